The molecule has 0 saturated carbocycles. The van der Waals surface area contributed by atoms with Crippen LogP contribution in [0.1, 0.15) is 12.5 Å². The average Bonchev–Trinajstić information content (AvgIpc) is 2.64. The molecule has 3 aromatic rings. The molecule has 0 fully saturated rings. The van der Waals surface area contributed by atoms with Gasteiger partial charge in [-0.05, 0) is 63.5 Å². The fourth-order valence-electron chi connectivity index (χ4n) is 2.30. The first-order chi connectivity index (χ1) is 12.9. The van der Waals surface area contributed by atoms with Crippen LogP contribution in [-0.2, 0) is 11.3 Å². The molecule has 1 heterocycles. The van der Waals surface area contributed by atoms with Crippen LogP contribution in [0.3, 0.4) is 0 Å². The molecule has 0 bridgehead atoms. The first-order valence-electron chi connectivity index (χ1n) is 7.94. The van der Waals surface area contributed by atoms with Crippen molar-refractivity contribution >= 4 is 27.6 Å². The predicted molar refractivity (Wildman–Crippen MR) is 104 cm³/mol. The van der Waals surface area contributed by atoms with E-state index in [2.05, 4.69) is 26.2 Å². The van der Waals surface area contributed by atoms with Gasteiger partial charge >= 0.3 is 0 Å². The molecule has 27 heavy (non-hydrogen) atoms. The third kappa shape index (κ3) is 6.45. The number of pyridine rings is 1. The van der Waals surface area contributed by atoms with Crippen LogP contribution in [0.2, 0.25) is 0 Å². The van der Waals surface area contributed by atoms with Crippen molar-refractivity contribution in [2.75, 3.05) is 5.32 Å². The zero-order valence-electron chi connectivity index (χ0n) is 14.4. The van der Waals surface area contributed by atoms with Crippen molar-refractivity contribution in [1.82, 2.24) is 4.98 Å². The smallest absolute Gasteiger partial charge is 0.300 e. The van der Waals surface area contributed by atoms with Crippen LogP contribution in [0.25, 0.3) is 11.1 Å². The van der Waals surface area contributed by atoms with Gasteiger partial charge in [0.25, 0.3) is 5.97 Å². The minimum absolute atomic E-state index is 0.303. The zero-order valence-corrected chi connectivity index (χ0v) is 16.0. The minimum atomic E-state index is -0.833. The van der Waals surface area contributed by atoms with Gasteiger partial charge < -0.3 is 10.4 Å². The number of carbonyl (C=O) groups is 1. The van der Waals surface area contributed by atoms with E-state index in [1.807, 2.05) is 12.1 Å². The molecule has 0 spiro atoms. The van der Waals surface area contributed by atoms with Gasteiger partial charge in [-0.3, -0.25) is 9.78 Å². The molecule has 0 saturated heterocycles. The quantitative estimate of drug-likeness (QED) is 0.569. The summed E-state index contributed by atoms with van der Waals surface area (Å²) in [5, 5.41) is 10.6. The first-order valence-corrected chi connectivity index (χ1v) is 8.73. The lowest BCUT2D eigenvalue weighted by Gasteiger charge is -2.12. The summed E-state index contributed by atoms with van der Waals surface area (Å²) in [4.78, 5) is 13.1. The Hall–Kier alpha value is -2.80. The van der Waals surface area contributed by atoms with Gasteiger partial charge in [0.1, 0.15) is 11.6 Å². The number of hydrogen-bond donors (Lipinski definition) is 2. The van der Waals surface area contributed by atoms with E-state index in [4.69, 9.17) is 9.90 Å². The molecular weight excluding hydrogens is 418 g/mol. The van der Waals surface area contributed by atoms with E-state index in [-0.39, 0.29) is 11.6 Å². The number of anilines is 1. The maximum Gasteiger partial charge on any atom is 0.300 e. The van der Waals surface area contributed by atoms with E-state index in [1.54, 1.807) is 30.6 Å². The summed E-state index contributed by atoms with van der Waals surface area (Å²) in [5.41, 5.74) is 3.17. The van der Waals surface area contributed by atoms with E-state index in [0.717, 1.165) is 23.6 Å². The molecule has 140 valence electrons. The van der Waals surface area contributed by atoms with E-state index in [9.17, 15) is 8.78 Å². The number of rotatable bonds is 4. The van der Waals surface area contributed by atoms with Gasteiger partial charge in [0.05, 0.1) is 4.47 Å². The summed E-state index contributed by atoms with van der Waals surface area (Å²) in [6.07, 6.45) is 3.36. The fourth-order valence-corrected chi connectivity index (χ4v) is 2.54. The van der Waals surface area contributed by atoms with Crippen molar-refractivity contribution in [1.29, 1.82) is 0 Å². The molecule has 0 aliphatic rings. The lowest BCUT2D eigenvalue weighted by atomic mass is 10.0. The SMILES string of the molecule is CC(=O)O.Fc1ccc(CNc2ccc(Br)c(F)c2)c(-c2cccnc2)c1. The van der Waals surface area contributed by atoms with Crippen LogP contribution in [0.5, 0.6) is 0 Å². The van der Waals surface area contributed by atoms with E-state index >= 15 is 0 Å². The molecule has 0 amide bonds. The number of hydrogen-bond acceptors (Lipinski definition) is 3. The molecular formula is C20H17BrF2N2O2. The lowest BCUT2D eigenvalue weighted by Crippen LogP contribution is -2.02. The molecule has 2 N–H and O–H groups in total. The third-order valence-corrected chi connectivity index (χ3v) is 4.09. The van der Waals surface area contributed by atoms with Gasteiger partial charge in [0.2, 0.25) is 0 Å². The average molecular weight is 435 g/mol. The highest BCUT2D eigenvalue weighted by Gasteiger charge is 2.08. The second-order valence-corrected chi connectivity index (χ2v) is 6.40. The third-order valence-electron chi connectivity index (χ3n) is 3.45. The van der Waals surface area contributed by atoms with Gasteiger partial charge in [-0.1, -0.05) is 12.1 Å². The summed E-state index contributed by atoms with van der Waals surface area (Å²) >= 11 is 3.12. The normalized spacial score (nSPS) is 9.93. The maximum absolute atomic E-state index is 13.6. The molecule has 0 aliphatic heterocycles. The summed E-state index contributed by atoms with van der Waals surface area (Å²) in [6, 6.07) is 13.1. The number of nitrogens with zero attached hydrogens (tertiary/aromatic N) is 1. The highest BCUT2D eigenvalue weighted by atomic mass is 79.9. The molecule has 0 aliphatic carbocycles. The molecule has 4 nitrogen and oxygen atoms in total. The Bertz CT molecular complexity index is 917. The Balaban J connectivity index is 0.000000596. The highest BCUT2D eigenvalue weighted by molar-refractivity contribution is 9.10. The van der Waals surface area contributed by atoms with Crippen LogP contribution in [0.15, 0.2) is 65.4 Å². The Kier molecular flexibility index (Phi) is 7.43. The number of halogens is 3. The molecule has 3 rings (SSSR count). The van der Waals surface area contributed by atoms with Gasteiger partial charge in [-0.2, -0.15) is 0 Å². The number of benzene rings is 2. The Morgan fingerprint density at radius 2 is 1.93 bits per heavy atom. The predicted octanol–water partition coefficient (Wildman–Crippen LogP) is 5.49. The minimum Gasteiger partial charge on any atom is -0.481 e. The topological polar surface area (TPSA) is 62.2 Å². The standard InChI is InChI=1S/C18H13BrF2N2.C2H4O2/c19-17-6-5-15(9-18(17)21)23-11-13-3-4-14(20)8-16(13)12-2-1-7-22-10-12;1-2(3)4/h1-10,23H,11H2;1H3,(H,3,4). The largest absolute Gasteiger partial charge is 0.481 e. The van der Waals surface area contributed by atoms with E-state index in [1.165, 1.54) is 18.2 Å². The summed E-state index contributed by atoms with van der Waals surface area (Å²) in [7, 11) is 0. The molecule has 0 radical (unpaired) electrons. The molecule has 7 heteroatoms. The van der Waals surface area contributed by atoms with Crippen LogP contribution in [-0.4, -0.2) is 16.1 Å². The zero-order chi connectivity index (χ0) is 19.8. The van der Waals surface area contributed by atoms with Crippen molar-refractivity contribution in [3.05, 3.63) is 82.6 Å². The molecule has 0 atom stereocenters. The summed E-state index contributed by atoms with van der Waals surface area (Å²) < 4.78 is 27.6. The first kappa shape index (κ1) is 20.5. The van der Waals surface area contributed by atoms with Gasteiger partial charge in [0, 0.05) is 37.1 Å². The van der Waals surface area contributed by atoms with Crippen LogP contribution in [0, 0.1) is 11.6 Å². The number of carboxylic acid groups (broad SMARTS) is 1. The molecule has 2 aromatic carbocycles. The van der Waals surface area contributed by atoms with Crippen LogP contribution in [0.4, 0.5) is 14.5 Å². The van der Waals surface area contributed by atoms with Crippen molar-refractivity contribution in [3.8, 4) is 11.1 Å². The summed E-state index contributed by atoms with van der Waals surface area (Å²) in [6.45, 7) is 1.53. The lowest BCUT2D eigenvalue weighted by molar-refractivity contribution is -0.134. The van der Waals surface area contributed by atoms with Crippen molar-refractivity contribution < 1.29 is 18.7 Å². The number of aromatic nitrogens is 1. The van der Waals surface area contributed by atoms with Crippen molar-refractivity contribution in [2.45, 2.75) is 13.5 Å². The Morgan fingerprint density at radius 1 is 1.19 bits per heavy atom. The van der Waals surface area contributed by atoms with E-state index < -0.39 is 5.97 Å². The molecule has 1 aromatic heterocycles. The summed E-state index contributed by atoms with van der Waals surface area (Å²) in [5.74, 6) is -1.47. The van der Waals surface area contributed by atoms with Crippen molar-refractivity contribution in [2.24, 2.45) is 0 Å². The Labute approximate surface area is 164 Å². The van der Waals surface area contributed by atoms with Crippen molar-refractivity contribution in [3.63, 3.8) is 0 Å². The second kappa shape index (κ2) is 9.78. The fraction of sp³-hybridized carbons (Fsp3) is 0.100. The molecule has 0 unspecified atom stereocenters. The Morgan fingerprint density at radius 3 is 2.56 bits per heavy atom. The maximum atomic E-state index is 13.6. The van der Waals surface area contributed by atoms with Crippen LogP contribution < -0.4 is 5.32 Å². The highest BCUT2D eigenvalue weighted by Crippen LogP contribution is 2.26. The second-order valence-electron chi connectivity index (χ2n) is 5.54. The van der Waals surface area contributed by atoms with Gasteiger partial charge in [-0.15, -0.1) is 0 Å². The number of nitrogens with one attached hydrogen (secondary N) is 1. The van der Waals surface area contributed by atoms with Gasteiger partial charge in [0.15, 0.2) is 0 Å². The number of carboxylic acids is 1. The monoisotopic (exact) mass is 434 g/mol. The number of aliphatic carboxylic acids is 1. The van der Waals surface area contributed by atoms with Gasteiger partial charge in [-0.25, -0.2) is 8.78 Å². The van der Waals surface area contributed by atoms with Crippen LogP contribution >= 0.6 is 15.9 Å². The van der Waals surface area contributed by atoms with E-state index in [0.29, 0.717) is 16.7 Å².